The third-order valence-corrected chi connectivity index (χ3v) is 6.17. The summed E-state index contributed by atoms with van der Waals surface area (Å²) < 4.78 is 8.01. The number of rotatable bonds is 17. The minimum atomic E-state index is -0.134. The zero-order valence-corrected chi connectivity index (χ0v) is 23.9. The van der Waals surface area contributed by atoms with E-state index >= 15 is 0 Å². The molecule has 2 rings (SSSR count). The normalized spacial score (nSPS) is 10.6. The maximum atomic E-state index is 12.6. The molecule has 0 saturated carbocycles. The molecule has 1 amide bonds. The van der Waals surface area contributed by atoms with Crippen LogP contribution in [0.3, 0.4) is 0 Å². The Kier molecular flexibility index (Phi) is 17.1. The minimum absolute atomic E-state index is 0. The van der Waals surface area contributed by atoms with Crippen LogP contribution in [0.5, 0.6) is 5.75 Å². The lowest BCUT2D eigenvalue weighted by atomic mass is 10.1. The highest BCUT2D eigenvalue weighted by atomic mass is 127. The van der Waals surface area contributed by atoms with Gasteiger partial charge in [0.05, 0.1) is 11.6 Å². The molecule has 4 nitrogen and oxygen atoms in total. The second-order valence-electron chi connectivity index (χ2n) is 8.74. The van der Waals surface area contributed by atoms with Crippen LogP contribution in [-0.4, -0.2) is 12.5 Å². The van der Waals surface area contributed by atoms with E-state index in [4.69, 9.17) is 16.3 Å². The molecule has 0 bridgehead atoms. The molecule has 0 aliphatic carbocycles. The number of unbranched alkanes of at least 4 members (excludes halogenated alkanes) is 9. The van der Waals surface area contributed by atoms with Crippen molar-refractivity contribution in [3.63, 3.8) is 0 Å². The van der Waals surface area contributed by atoms with Gasteiger partial charge in [-0.05, 0) is 24.6 Å². The van der Waals surface area contributed by atoms with Gasteiger partial charge in [0.1, 0.15) is 18.8 Å². The van der Waals surface area contributed by atoms with Gasteiger partial charge in [-0.2, -0.15) is 0 Å². The van der Waals surface area contributed by atoms with E-state index in [-0.39, 0.29) is 29.9 Å². The third kappa shape index (κ3) is 11.9. The van der Waals surface area contributed by atoms with E-state index in [1.54, 1.807) is 18.2 Å². The first-order valence-corrected chi connectivity index (χ1v) is 13.2. The summed E-state index contributed by atoms with van der Waals surface area (Å²) in [4.78, 5) is 12.6. The van der Waals surface area contributed by atoms with Gasteiger partial charge in [0, 0.05) is 24.1 Å². The fraction of sp³-hybridized carbons (Fsp3) is 0.571. The maximum absolute atomic E-state index is 12.6. The summed E-state index contributed by atoms with van der Waals surface area (Å²) >= 11 is 6.38. The Morgan fingerprint density at radius 3 is 2.24 bits per heavy atom. The molecule has 1 aromatic heterocycles. The standard InChI is InChI=1S/C28H41ClN2O2.HI/c1-3-5-6-7-8-9-10-11-12-15-21-33-27-18-17-24(22-26(27)29)28(32)30-23-25-16-13-14-20-31(25)19-4-2;/h13-14,16-18,20,22H,3-12,15,19,21,23H2,1-2H3;1H. The number of nitrogens with one attached hydrogen (secondary N) is 1. The third-order valence-electron chi connectivity index (χ3n) is 5.88. The molecule has 1 aromatic carbocycles. The Morgan fingerprint density at radius 1 is 0.912 bits per heavy atom. The fourth-order valence-corrected chi connectivity index (χ4v) is 4.17. The van der Waals surface area contributed by atoms with Gasteiger partial charge in [0.15, 0.2) is 6.20 Å². The number of hydrogen-bond acceptors (Lipinski definition) is 2. The number of halogens is 2. The molecule has 1 N–H and O–H groups in total. The Bertz CT molecular complexity index is 832. The number of carbonyl (C=O) groups is 1. The Hall–Kier alpha value is -1.34. The van der Waals surface area contributed by atoms with Gasteiger partial charge in [-0.1, -0.05) is 89.3 Å². The van der Waals surface area contributed by atoms with E-state index in [2.05, 4.69) is 23.7 Å². The lowest BCUT2D eigenvalue weighted by molar-refractivity contribution is -0.704. The molecule has 0 fully saturated rings. The molecule has 0 saturated heterocycles. The van der Waals surface area contributed by atoms with Crippen molar-refractivity contribution in [2.75, 3.05) is 6.61 Å². The molecule has 0 atom stereocenters. The topological polar surface area (TPSA) is 42.2 Å². The zero-order chi connectivity index (χ0) is 23.7. The molecular weight excluding hydrogens is 559 g/mol. The van der Waals surface area contributed by atoms with Crippen molar-refractivity contribution >= 4 is 17.5 Å². The zero-order valence-electron chi connectivity index (χ0n) is 21.0. The average molecular weight is 601 g/mol. The summed E-state index contributed by atoms with van der Waals surface area (Å²) in [5, 5.41) is 3.47. The Morgan fingerprint density at radius 2 is 1.59 bits per heavy atom. The van der Waals surface area contributed by atoms with Gasteiger partial charge in [-0.15, -0.1) is 0 Å². The summed E-state index contributed by atoms with van der Waals surface area (Å²) in [6, 6.07) is 11.3. The number of aryl methyl sites for hydroxylation is 1. The average Bonchev–Trinajstić information content (AvgIpc) is 2.82. The second kappa shape index (κ2) is 18.9. The van der Waals surface area contributed by atoms with Crippen LogP contribution in [-0.2, 0) is 13.1 Å². The number of benzene rings is 1. The molecule has 2 aromatic rings. The highest BCUT2D eigenvalue weighted by Gasteiger charge is 2.13. The molecule has 6 heteroatoms. The molecule has 0 aliphatic rings. The van der Waals surface area contributed by atoms with Crippen LogP contribution in [0.25, 0.3) is 0 Å². The van der Waals surface area contributed by atoms with Crippen LogP contribution in [0.2, 0.25) is 5.02 Å². The summed E-state index contributed by atoms with van der Waals surface area (Å²) in [5.74, 6) is 0.512. The summed E-state index contributed by atoms with van der Waals surface area (Å²) in [6.07, 6.45) is 16.1. The summed E-state index contributed by atoms with van der Waals surface area (Å²) in [7, 11) is 0. The quantitative estimate of drug-likeness (QED) is 0.167. The number of nitrogens with zero attached hydrogens (tertiary/aromatic N) is 1. The maximum Gasteiger partial charge on any atom is 0.251 e. The highest BCUT2D eigenvalue weighted by Crippen LogP contribution is 2.26. The van der Waals surface area contributed by atoms with Gasteiger partial charge in [-0.25, -0.2) is 4.57 Å². The summed E-state index contributed by atoms with van der Waals surface area (Å²) in [5.41, 5.74) is 1.62. The van der Waals surface area contributed by atoms with Gasteiger partial charge in [0.2, 0.25) is 5.69 Å². The van der Waals surface area contributed by atoms with Crippen LogP contribution in [0.1, 0.15) is 101 Å². The van der Waals surface area contributed by atoms with E-state index in [1.165, 1.54) is 57.8 Å². The molecule has 190 valence electrons. The number of aromatic nitrogens is 1. The second-order valence-corrected chi connectivity index (χ2v) is 9.15. The molecule has 1 heterocycles. The van der Waals surface area contributed by atoms with Crippen molar-refractivity contribution in [2.45, 2.75) is 97.6 Å². The first kappa shape index (κ1) is 30.7. The fourth-order valence-electron chi connectivity index (χ4n) is 3.93. The monoisotopic (exact) mass is 600 g/mol. The number of amides is 1. The van der Waals surface area contributed by atoms with Crippen LogP contribution in [0.15, 0.2) is 42.6 Å². The number of hydrogen-bond donors (Lipinski definition) is 1. The van der Waals surface area contributed by atoms with Crippen molar-refractivity contribution in [1.29, 1.82) is 0 Å². The van der Waals surface area contributed by atoms with Crippen molar-refractivity contribution in [2.24, 2.45) is 0 Å². The Labute approximate surface area is 228 Å². The predicted octanol–water partition coefficient (Wildman–Crippen LogP) is 4.27. The number of ether oxygens (including phenoxy) is 1. The van der Waals surface area contributed by atoms with Crippen molar-refractivity contribution < 1.29 is 38.1 Å². The van der Waals surface area contributed by atoms with Crippen LogP contribution in [0.4, 0.5) is 0 Å². The van der Waals surface area contributed by atoms with Crippen molar-refractivity contribution in [3.05, 3.63) is 58.9 Å². The molecule has 0 aliphatic heterocycles. The first-order valence-electron chi connectivity index (χ1n) is 12.8. The molecule has 0 radical (unpaired) electrons. The van der Waals surface area contributed by atoms with Crippen LogP contribution in [0, 0.1) is 0 Å². The van der Waals surface area contributed by atoms with E-state index in [9.17, 15) is 4.79 Å². The van der Waals surface area contributed by atoms with Gasteiger partial charge >= 0.3 is 0 Å². The Balaban J connectivity index is 0.00000578. The van der Waals surface area contributed by atoms with Crippen LogP contribution < -0.4 is 38.6 Å². The predicted molar refractivity (Wildman–Crippen MR) is 137 cm³/mol. The first-order chi connectivity index (χ1) is 16.2. The SMILES string of the molecule is CCCCCCCCCCCCOc1ccc(C(=O)NCc2cccc[n+]2CCC)cc1Cl.[I-]. The molecule has 34 heavy (non-hydrogen) atoms. The molecular formula is C28H42ClIN2O2. The number of pyridine rings is 1. The number of carbonyl (C=O) groups excluding carboxylic acids is 1. The molecule has 0 spiro atoms. The van der Waals surface area contributed by atoms with Gasteiger partial charge < -0.3 is 34.0 Å². The van der Waals surface area contributed by atoms with E-state index < -0.39 is 0 Å². The lowest BCUT2D eigenvalue weighted by Crippen LogP contribution is -3.00. The van der Waals surface area contributed by atoms with Crippen LogP contribution >= 0.6 is 11.6 Å². The largest absolute Gasteiger partial charge is 1.00 e. The van der Waals surface area contributed by atoms with E-state index in [0.29, 0.717) is 29.5 Å². The smallest absolute Gasteiger partial charge is 0.251 e. The van der Waals surface area contributed by atoms with Crippen molar-refractivity contribution in [3.8, 4) is 5.75 Å². The van der Waals surface area contributed by atoms with E-state index in [1.807, 2.05) is 24.4 Å². The van der Waals surface area contributed by atoms with Gasteiger partial charge in [0.25, 0.3) is 5.91 Å². The highest BCUT2D eigenvalue weighted by molar-refractivity contribution is 6.32. The van der Waals surface area contributed by atoms with E-state index in [0.717, 1.165) is 25.1 Å². The van der Waals surface area contributed by atoms with Crippen molar-refractivity contribution in [1.82, 2.24) is 5.32 Å². The summed E-state index contributed by atoms with van der Waals surface area (Å²) in [6.45, 7) is 6.48. The lowest BCUT2D eigenvalue weighted by Gasteiger charge is -2.10. The van der Waals surface area contributed by atoms with Gasteiger partial charge in [-0.3, -0.25) is 4.79 Å². The minimum Gasteiger partial charge on any atom is -1.00 e. The molecule has 0 unspecified atom stereocenters.